The Morgan fingerprint density at radius 3 is 2.74 bits per heavy atom. The van der Waals surface area contributed by atoms with Gasteiger partial charge in [-0.1, -0.05) is 20.8 Å². The lowest BCUT2D eigenvalue weighted by molar-refractivity contribution is 0.0873. The number of nitrogens with one attached hydrogen (secondary N) is 1. The lowest BCUT2D eigenvalue weighted by Gasteiger charge is -2.21. The van der Waals surface area contributed by atoms with E-state index in [1.54, 1.807) is 0 Å². The average molecular weight is 270 g/mol. The molecule has 3 unspecified atom stereocenters. The molecule has 0 bridgehead atoms. The molecule has 1 fully saturated rings. The van der Waals surface area contributed by atoms with Gasteiger partial charge in [-0.25, -0.2) is 0 Å². The van der Waals surface area contributed by atoms with E-state index >= 15 is 0 Å². The summed E-state index contributed by atoms with van der Waals surface area (Å²) in [5.74, 6) is 2.29. The van der Waals surface area contributed by atoms with Crippen molar-refractivity contribution in [1.82, 2.24) is 5.32 Å². The minimum atomic E-state index is 0.494. The molecule has 0 aromatic heterocycles. The highest BCUT2D eigenvalue weighted by molar-refractivity contribution is 4.77. The van der Waals surface area contributed by atoms with E-state index in [4.69, 9.17) is 10.5 Å². The Labute approximate surface area is 119 Å². The Hall–Kier alpha value is -0.120. The normalized spacial score (nSPS) is 25.1. The summed E-state index contributed by atoms with van der Waals surface area (Å²) in [6, 6.07) is 0. The highest BCUT2D eigenvalue weighted by Gasteiger charge is 2.25. The van der Waals surface area contributed by atoms with Gasteiger partial charge >= 0.3 is 0 Å². The predicted octanol–water partition coefficient (Wildman–Crippen LogP) is 2.79. The third-order valence-corrected chi connectivity index (χ3v) is 4.56. The molecular weight excluding hydrogens is 236 g/mol. The van der Waals surface area contributed by atoms with Crippen LogP contribution in [0.1, 0.15) is 52.9 Å². The zero-order valence-electron chi connectivity index (χ0n) is 13.2. The number of hydrogen-bond donors (Lipinski definition) is 2. The van der Waals surface area contributed by atoms with E-state index in [1.807, 2.05) is 0 Å². The van der Waals surface area contributed by atoms with Crippen LogP contribution in [-0.4, -0.2) is 32.3 Å². The second-order valence-electron chi connectivity index (χ2n) is 6.29. The molecule has 3 nitrogen and oxygen atoms in total. The quantitative estimate of drug-likeness (QED) is 0.600. The highest BCUT2D eigenvalue weighted by atomic mass is 16.5. The molecule has 19 heavy (non-hydrogen) atoms. The van der Waals surface area contributed by atoms with Crippen LogP contribution in [-0.2, 0) is 4.74 Å². The first-order chi connectivity index (χ1) is 9.19. The van der Waals surface area contributed by atoms with Crippen LogP contribution in [0.2, 0.25) is 0 Å². The molecule has 0 radical (unpaired) electrons. The summed E-state index contributed by atoms with van der Waals surface area (Å²) < 4.78 is 5.72. The third-order valence-electron chi connectivity index (χ3n) is 4.56. The molecular formula is C16H34N2O. The topological polar surface area (TPSA) is 47.3 Å². The predicted molar refractivity (Wildman–Crippen MR) is 82.2 cm³/mol. The number of rotatable bonds is 10. The van der Waals surface area contributed by atoms with E-state index in [0.717, 1.165) is 50.4 Å². The van der Waals surface area contributed by atoms with Gasteiger partial charge in [0.15, 0.2) is 0 Å². The molecule has 1 heterocycles. The van der Waals surface area contributed by atoms with E-state index in [2.05, 4.69) is 26.1 Å². The van der Waals surface area contributed by atoms with Crippen molar-refractivity contribution in [2.75, 3.05) is 26.2 Å². The van der Waals surface area contributed by atoms with Crippen molar-refractivity contribution in [2.45, 2.75) is 59.0 Å². The van der Waals surface area contributed by atoms with Crippen LogP contribution >= 0.6 is 0 Å². The lowest BCUT2D eigenvalue weighted by atomic mass is 9.88. The van der Waals surface area contributed by atoms with Gasteiger partial charge in [0, 0.05) is 13.2 Å². The minimum absolute atomic E-state index is 0.494. The summed E-state index contributed by atoms with van der Waals surface area (Å²) in [6.45, 7) is 10.9. The minimum Gasteiger partial charge on any atom is -0.378 e. The number of hydrogen-bond acceptors (Lipinski definition) is 3. The molecule has 0 amide bonds. The summed E-state index contributed by atoms with van der Waals surface area (Å²) >= 11 is 0. The fraction of sp³-hybridized carbons (Fsp3) is 1.00. The van der Waals surface area contributed by atoms with E-state index in [0.29, 0.717) is 6.10 Å². The van der Waals surface area contributed by atoms with Crippen molar-refractivity contribution in [2.24, 2.45) is 23.5 Å². The maximum atomic E-state index is 5.72. The van der Waals surface area contributed by atoms with E-state index in [9.17, 15) is 0 Å². The molecule has 1 rings (SSSR count). The smallest absolute Gasteiger partial charge is 0.0613 e. The lowest BCUT2D eigenvalue weighted by Crippen LogP contribution is -2.29. The van der Waals surface area contributed by atoms with Gasteiger partial charge in [-0.05, 0) is 62.9 Å². The van der Waals surface area contributed by atoms with Crippen LogP contribution in [0.25, 0.3) is 0 Å². The first kappa shape index (κ1) is 16.9. The van der Waals surface area contributed by atoms with Crippen molar-refractivity contribution < 1.29 is 4.74 Å². The SMILES string of the molecule is CCC1OCCC1CNCCCC(CCN)C(C)C. The van der Waals surface area contributed by atoms with Crippen LogP contribution < -0.4 is 11.1 Å². The molecule has 114 valence electrons. The summed E-state index contributed by atoms with van der Waals surface area (Å²) in [5.41, 5.74) is 5.68. The van der Waals surface area contributed by atoms with Gasteiger partial charge in [0.25, 0.3) is 0 Å². The molecule has 0 aliphatic carbocycles. The largest absolute Gasteiger partial charge is 0.378 e. The molecule has 0 saturated carbocycles. The Morgan fingerprint density at radius 2 is 2.11 bits per heavy atom. The summed E-state index contributed by atoms with van der Waals surface area (Å²) in [7, 11) is 0. The molecule has 1 saturated heterocycles. The standard InChI is InChI=1S/C16H34N2O/c1-4-16-15(8-11-19-16)12-18-10-5-6-14(7-9-17)13(2)3/h13-16,18H,4-12,17H2,1-3H3. The molecule has 1 aliphatic heterocycles. The van der Waals surface area contributed by atoms with E-state index in [-0.39, 0.29) is 0 Å². The van der Waals surface area contributed by atoms with Gasteiger partial charge in [0.2, 0.25) is 0 Å². The molecule has 0 aromatic rings. The molecule has 3 heteroatoms. The van der Waals surface area contributed by atoms with Crippen LogP contribution in [0.5, 0.6) is 0 Å². The Kier molecular flexibility index (Phi) is 8.67. The van der Waals surface area contributed by atoms with Gasteiger partial charge in [-0.3, -0.25) is 0 Å². The Balaban J connectivity index is 2.07. The fourth-order valence-corrected chi connectivity index (χ4v) is 3.18. The van der Waals surface area contributed by atoms with E-state index in [1.165, 1.54) is 25.7 Å². The zero-order valence-corrected chi connectivity index (χ0v) is 13.2. The second kappa shape index (κ2) is 9.73. The molecule has 0 spiro atoms. The maximum Gasteiger partial charge on any atom is 0.0613 e. The van der Waals surface area contributed by atoms with Gasteiger partial charge < -0.3 is 15.8 Å². The molecule has 3 N–H and O–H groups in total. The van der Waals surface area contributed by atoms with Crippen LogP contribution in [0.4, 0.5) is 0 Å². The van der Waals surface area contributed by atoms with Crippen molar-refractivity contribution in [3.8, 4) is 0 Å². The first-order valence-electron chi connectivity index (χ1n) is 8.21. The van der Waals surface area contributed by atoms with Crippen molar-refractivity contribution in [3.05, 3.63) is 0 Å². The second-order valence-corrected chi connectivity index (χ2v) is 6.29. The average Bonchev–Trinajstić information content (AvgIpc) is 2.84. The van der Waals surface area contributed by atoms with Gasteiger partial charge in [-0.2, -0.15) is 0 Å². The van der Waals surface area contributed by atoms with Crippen LogP contribution in [0, 0.1) is 17.8 Å². The molecule has 0 aromatic carbocycles. The summed E-state index contributed by atoms with van der Waals surface area (Å²) in [6.07, 6.45) is 6.62. The Bertz CT molecular complexity index is 217. The monoisotopic (exact) mass is 270 g/mol. The van der Waals surface area contributed by atoms with Crippen molar-refractivity contribution in [3.63, 3.8) is 0 Å². The van der Waals surface area contributed by atoms with Crippen molar-refractivity contribution in [1.29, 1.82) is 0 Å². The van der Waals surface area contributed by atoms with Crippen molar-refractivity contribution >= 4 is 0 Å². The maximum absolute atomic E-state index is 5.72. The van der Waals surface area contributed by atoms with E-state index < -0.39 is 0 Å². The van der Waals surface area contributed by atoms with Gasteiger partial charge in [0.05, 0.1) is 6.10 Å². The zero-order chi connectivity index (χ0) is 14.1. The first-order valence-corrected chi connectivity index (χ1v) is 8.21. The Morgan fingerprint density at radius 1 is 1.32 bits per heavy atom. The number of ether oxygens (including phenoxy) is 1. The molecule has 1 aliphatic rings. The van der Waals surface area contributed by atoms with Crippen LogP contribution in [0.3, 0.4) is 0 Å². The van der Waals surface area contributed by atoms with Gasteiger partial charge in [0.1, 0.15) is 0 Å². The fourth-order valence-electron chi connectivity index (χ4n) is 3.18. The third kappa shape index (κ3) is 6.24. The van der Waals surface area contributed by atoms with Crippen LogP contribution in [0.15, 0.2) is 0 Å². The highest BCUT2D eigenvalue weighted by Crippen LogP contribution is 2.23. The number of nitrogens with two attached hydrogens (primary N) is 1. The summed E-state index contributed by atoms with van der Waals surface area (Å²) in [5, 5.41) is 3.62. The van der Waals surface area contributed by atoms with Gasteiger partial charge in [-0.15, -0.1) is 0 Å². The summed E-state index contributed by atoms with van der Waals surface area (Å²) in [4.78, 5) is 0. The molecule has 3 atom stereocenters.